The van der Waals surface area contributed by atoms with Crippen molar-refractivity contribution < 1.29 is 0 Å². The molecular formula is C77H50N2. The summed E-state index contributed by atoms with van der Waals surface area (Å²) in [5.41, 5.74) is 24.5. The van der Waals surface area contributed by atoms with Crippen LogP contribution in [0.25, 0.3) is 94.3 Å². The van der Waals surface area contributed by atoms with Crippen LogP contribution in [0.4, 0.5) is 17.1 Å². The Morgan fingerprint density at radius 2 is 0.848 bits per heavy atom. The fraction of sp³-hybridized carbons (Fsp3) is 0.0390. The molecule has 0 unspecified atom stereocenters. The number of para-hydroxylation sites is 2. The Kier molecular flexibility index (Phi) is 11.8. The number of benzene rings is 11. The molecule has 0 spiro atoms. The van der Waals surface area contributed by atoms with Crippen LogP contribution in [0, 0.1) is 49.4 Å². The van der Waals surface area contributed by atoms with Gasteiger partial charge in [-0.3, -0.25) is 0 Å². The van der Waals surface area contributed by atoms with Crippen LogP contribution in [-0.4, -0.2) is 4.57 Å². The van der Waals surface area contributed by atoms with E-state index in [1.807, 2.05) is 36.4 Å². The Labute approximate surface area is 462 Å². The second-order valence-electron chi connectivity index (χ2n) is 20.6. The predicted molar refractivity (Wildman–Crippen MR) is 332 cm³/mol. The van der Waals surface area contributed by atoms with Gasteiger partial charge in [-0.2, -0.15) is 0 Å². The number of fused-ring (bicyclic) bond motifs is 6. The van der Waals surface area contributed by atoms with E-state index >= 15 is 0 Å². The predicted octanol–water partition coefficient (Wildman–Crippen LogP) is 18.8. The van der Waals surface area contributed by atoms with Gasteiger partial charge in [0, 0.05) is 61.2 Å². The molecule has 0 fully saturated rings. The fourth-order valence-electron chi connectivity index (χ4n) is 12.1. The highest BCUT2D eigenvalue weighted by Crippen LogP contribution is 2.51. The van der Waals surface area contributed by atoms with E-state index < -0.39 is 0 Å². The second-order valence-corrected chi connectivity index (χ2v) is 20.6. The lowest BCUT2D eigenvalue weighted by atomic mass is 9.82. The summed E-state index contributed by atoms with van der Waals surface area (Å²) in [6, 6.07) is 86.6. The highest BCUT2D eigenvalue weighted by Gasteiger charge is 2.36. The third-order valence-electron chi connectivity index (χ3n) is 16.0. The molecule has 368 valence electrons. The first-order valence-electron chi connectivity index (χ1n) is 26.5. The van der Waals surface area contributed by atoms with Crippen molar-refractivity contribution >= 4 is 38.9 Å². The third-order valence-corrected chi connectivity index (χ3v) is 16.0. The van der Waals surface area contributed by atoms with Crippen LogP contribution in [0.1, 0.15) is 47.2 Å². The van der Waals surface area contributed by atoms with Crippen molar-refractivity contribution in [1.29, 1.82) is 0 Å². The summed E-state index contributed by atoms with van der Waals surface area (Å²) in [6.07, 6.45) is 24.3. The number of aromatic nitrogens is 1. The zero-order chi connectivity index (χ0) is 53.8. The Morgan fingerprint density at radius 3 is 1.56 bits per heavy atom. The van der Waals surface area contributed by atoms with Crippen molar-refractivity contribution in [3.8, 4) is 122 Å². The van der Waals surface area contributed by atoms with Gasteiger partial charge in [-0.15, -0.1) is 25.7 Å². The highest BCUT2D eigenvalue weighted by molar-refractivity contribution is 6.10. The number of rotatable bonds is 9. The van der Waals surface area contributed by atoms with E-state index in [9.17, 15) is 0 Å². The van der Waals surface area contributed by atoms with Crippen LogP contribution in [0.3, 0.4) is 0 Å². The normalized spacial score (nSPS) is 12.0. The van der Waals surface area contributed by atoms with Crippen molar-refractivity contribution in [2.45, 2.75) is 19.3 Å². The topological polar surface area (TPSA) is 8.17 Å². The first-order chi connectivity index (χ1) is 38.8. The summed E-state index contributed by atoms with van der Waals surface area (Å²) in [4.78, 5) is 2.38. The molecular weight excluding hydrogens is 953 g/mol. The van der Waals surface area contributed by atoms with Crippen molar-refractivity contribution in [1.82, 2.24) is 4.57 Å². The van der Waals surface area contributed by atoms with E-state index in [0.717, 1.165) is 72.8 Å². The molecule has 11 aromatic carbocycles. The van der Waals surface area contributed by atoms with Crippen molar-refractivity contribution in [3.63, 3.8) is 0 Å². The Balaban J connectivity index is 0.893. The number of nitrogens with zero attached hydrogens (tertiary/aromatic N) is 2. The molecule has 13 rings (SSSR count). The zero-order valence-electron chi connectivity index (χ0n) is 43.8. The second kappa shape index (κ2) is 19.4. The van der Waals surface area contributed by atoms with E-state index in [0.29, 0.717) is 22.3 Å². The quantitative estimate of drug-likeness (QED) is 0.131. The van der Waals surface area contributed by atoms with Gasteiger partial charge in [0.2, 0.25) is 0 Å². The lowest BCUT2D eigenvalue weighted by Crippen LogP contribution is -2.16. The molecule has 12 aromatic rings. The number of anilines is 3. The van der Waals surface area contributed by atoms with Gasteiger partial charge in [0.1, 0.15) is 0 Å². The Morgan fingerprint density at radius 1 is 0.329 bits per heavy atom. The summed E-state index contributed by atoms with van der Waals surface area (Å²) in [5.74, 6) is 11.3. The monoisotopic (exact) mass is 1000 g/mol. The standard InChI is InChI=1S/C77H50N2/c1-7-51-21-19-29-65(63(51)9-3)58-37-44-66(71(49-58)67-30-20-22-52(8-2)64(67)10-4)57-24-18-23-55(47-57)53-33-39-60(40-34-53)78(62-43-45-69-68-27-14-16-31-73(68)77(5,6)74(69)50-62)61-41-35-54(36-42-61)56-38-46-76-72(48-56)70-28-15-17-32-75(70)79(76)59-25-12-11-13-26-59/h1-4,11-50H,5-6H3. The van der Waals surface area contributed by atoms with Crippen LogP contribution < -0.4 is 4.90 Å². The molecule has 1 aliphatic rings. The lowest BCUT2D eigenvalue weighted by molar-refractivity contribution is 0.660. The molecule has 2 nitrogen and oxygen atoms in total. The molecule has 0 saturated heterocycles. The molecule has 0 bridgehead atoms. The van der Waals surface area contributed by atoms with Crippen molar-refractivity contribution in [2.24, 2.45) is 0 Å². The van der Waals surface area contributed by atoms with E-state index in [-0.39, 0.29) is 5.41 Å². The first-order valence-corrected chi connectivity index (χ1v) is 26.5. The largest absolute Gasteiger partial charge is 0.310 e. The zero-order valence-corrected chi connectivity index (χ0v) is 43.8. The summed E-state index contributed by atoms with van der Waals surface area (Å²) < 4.78 is 2.36. The molecule has 79 heavy (non-hydrogen) atoms. The summed E-state index contributed by atoms with van der Waals surface area (Å²) in [6.45, 7) is 4.68. The van der Waals surface area contributed by atoms with Gasteiger partial charge < -0.3 is 9.47 Å². The van der Waals surface area contributed by atoms with Gasteiger partial charge in [0.25, 0.3) is 0 Å². The van der Waals surface area contributed by atoms with E-state index in [4.69, 9.17) is 25.7 Å². The van der Waals surface area contributed by atoms with Gasteiger partial charge >= 0.3 is 0 Å². The third kappa shape index (κ3) is 8.08. The van der Waals surface area contributed by atoms with Crippen LogP contribution in [0.2, 0.25) is 0 Å². The van der Waals surface area contributed by atoms with Crippen molar-refractivity contribution in [2.75, 3.05) is 4.90 Å². The summed E-state index contributed by atoms with van der Waals surface area (Å²) >= 11 is 0. The number of hydrogen-bond donors (Lipinski definition) is 0. The molecule has 0 aliphatic heterocycles. The van der Waals surface area contributed by atoms with Crippen LogP contribution in [0.5, 0.6) is 0 Å². The van der Waals surface area contributed by atoms with Crippen molar-refractivity contribution in [3.05, 3.63) is 276 Å². The van der Waals surface area contributed by atoms with E-state index in [2.05, 4.69) is 253 Å². The highest BCUT2D eigenvalue weighted by atomic mass is 15.1. The average molecular weight is 1000 g/mol. The lowest BCUT2D eigenvalue weighted by Gasteiger charge is -2.28. The van der Waals surface area contributed by atoms with Crippen LogP contribution in [0.15, 0.2) is 243 Å². The Bertz CT molecular complexity index is 4590. The molecule has 0 N–H and O–H groups in total. The average Bonchev–Trinajstić information content (AvgIpc) is 4.22. The molecule has 0 radical (unpaired) electrons. The fourth-order valence-corrected chi connectivity index (χ4v) is 12.1. The van der Waals surface area contributed by atoms with Crippen LogP contribution in [-0.2, 0) is 5.41 Å². The van der Waals surface area contributed by atoms with Gasteiger partial charge in [-0.05, 0) is 169 Å². The molecule has 0 atom stereocenters. The molecule has 1 aromatic heterocycles. The van der Waals surface area contributed by atoms with Gasteiger partial charge in [-0.25, -0.2) is 0 Å². The summed E-state index contributed by atoms with van der Waals surface area (Å²) in [7, 11) is 0. The minimum Gasteiger partial charge on any atom is -0.310 e. The minimum atomic E-state index is -0.168. The molecule has 1 aliphatic carbocycles. The molecule has 0 amide bonds. The maximum absolute atomic E-state index is 6.23. The molecule has 2 heteroatoms. The van der Waals surface area contributed by atoms with Gasteiger partial charge in [0.05, 0.1) is 11.0 Å². The number of terminal acetylenes is 4. The maximum Gasteiger partial charge on any atom is 0.0541 e. The maximum atomic E-state index is 6.23. The molecule has 1 heterocycles. The van der Waals surface area contributed by atoms with E-state index in [1.54, 1.807) is 0 Å². The number of hydrogen-bond acceptors (Lipinski definition) is 1. The van der Waals surface area contributed by atoms with Gasteiger partial charge in [0.15, 0.2) is 0 Å². The van der Waals surface area contributed by atoms with E-state index in [1.165, 1.54) is 49.6 Å². The molecule has 0 saturated carbocycles. The minimum absolute atomic E-state index is 0.168. The van der Waals surface area contributed by atoms with Gasteiger partial charge in [-0.1, -0.05) is 189 Å². The summed E-state index contributed by atoms with van der Waals surface area (Å²) in [5, 5.41) is 2.46. The van der Waals surface area contributed by atoms with Crippen LogP contribution >= 0.6 is 0 Å². The smallest absolute Gasteiger partial charge is 0.0541 e. The SMILES string of the molecule is C#Cc1cccc(-c2ccc(-c3cccc(-c4ccc(N(c5ccc(-c6ccc7c(c6)c6ccccc6n7-c6ccccc6)cc5)c5ccc6c(c5)C(C)(C)c5ccccc5-6)cc4)c3)c(-c3cccc(C#C)c3C#C)c2)c1C#C. The first kappa shape index (κ1) is 47.9. The Hall–Kier alpha value is -10.7.